The third-order valence-corrected chi connectivity index (χ3v) is 6.14. The second kappa shape index (κ2) is 9.88. The van der Waals surface area contributed by atoms with E-state index < -0.39 is 0 Å². The quantitative estimate of drug-likeness (QED) is 0.424. The van der Waals surface area contributed by atoms with E-state index in [0.29, 0.717) is 6.04 Å². The van der Waals surface area contributed by atoms with Gasteiger partial charge in [0.2, 0.25) is 0 Å². The SMILES string of the molecule is COC(=O)/C=C/c1cc(N2CC[C@H](N[C@H](C)c3cccc4ccccc34)C2)ccc1OC. The molecule has 32 heavy (non-hydrogen) atoms. The Bertz CT molecular complexity index is 1120. The van der Waals surface area contributed by atoms with Crippen LogP contribution in [0.4, 0.5) is 5.69 Å². The van der Waals surface area contributed by atoms with Crippen LogP contribution in [-0.4, -0.2) is 39.3 Å². The van der Waals surface area contributed by atoms with Gasteiger partial charge >= 0.3 is 5.97 Å². The first kappa shape index (κ1) is 21.9. The summed E-state index contributed by atoms with van der Waals surface area (Å²) in [7, 11) is 3.01. The molecule has 1 N–H and O–H groups in total. The maximum atomic E-state index is 11.5. The number of esters is 1. The molecule has 0 bridgehead atoms. The van der Waals surface area contributed by atoms with Gasteiger partial charge in [-0.3, -0.25) is 0 Å². The Labute approximate surface area is 189 Å². The maximum absolute atomic E-state index is 11.5. The molecule has 2 atom stereocenters. The zero-order chi connectivity index (χ0) is 22.5. The van der Waals surface area contributed by atoms with E-state index in [1.807, 2.05) is 6.07 Å². The van der Waals surface area contributed by atoms with Crippen LogP contribution in [0.25, 0.3) is 16.8 Å². The van der Waals surface area contributed by atoms with Gasteiger partial charge in [-0.05, 0) is 54.0 Å². The van der Waals surface area contributed by atoms with Crippen molar-refractivity contribution >= 4 is 28.5 Å². The molecule has 0 spiro atoms. The fourth-order valence-electron chi connectivity index (χ4n) is 4.48. The number of nitrogens with zero attached hydrogens (tertiary/aromatic N) is 1. The lowest BCUT2D eigenvalue weighted by Gasteiger charge is -2.23. The van der Waals surface area contributed by atoms with E-state index in [1.165, 1.54) is 29.5 Å². The first-order valence-electron chi connectivity index (χ1n) is 11.0. The Morgan fingerprint density at radius 3 is 2.75 bits per heavy atom. The number of carbonyl (C=O) groups excluding carboxylic acids is 1. The molecule has 0 aliphatic carbocycles. The van der Waals surface area contributed by atoms with E-state index in [2.05, 4.69) is 71.7 Å². The van der Waals surface area contributed by atoms with Crippen molar-refractivity contribution in [2.75, 3.05) is 32.2 Å². The fraction of sp³-hybridized carbons (Fsp3) is 0.296. The molecule has 5 heteroatoms. The fourth-order valence-corrected chi connectivity index (χ4v) is 4.48. The minimum Gasteiger partial charge on any atom is -0.496 e. The summed E-state index contributed by atoms with van der Waals surface area (Å²) in [5.74, 6) is 0.345. The average molecular weight is 431 g/mol. The first-order valence-corrected chi connectivity index (χ1v) is 11.0. The van der Waals surface area contributed by atoms with Crippen molar-refractivity contribution in [1.29, 1.82) is 0 Å². The van der Waals surface area contributed by atoms with Crippen molar-refractivity contribution < 1.29 is 14.3 Å². The lowest BCUT2D eigenvalue weighted by molar-refractivity contribution is -0.134. The highest BCUT2D eigenvalue weighted by atomic mass is 16.5. The van der Waals surface area contributed by atoms with Crippen molar-refractivity contribution in [3.05, 3.63) is 77.9 Å². The predicted octanol–water partition coefficient (Wildman–Crippen LogP) is 4.96. The average Bonchev–Trinajstić information content (AvgIpc) is 3.30. The molecule has 3 aromatic rings. The summed E-state index contributed by atoms with van der Waals surface area (Å²) < 4.78 is 10.2. The Kier molecular flexibility index (Phi) is 6.76. The largest absolute Gasteiger partial charge is 0.496 e. The molecule has 5 nitrogen and oxygen atoms in total. The highest BCUT2D eigenvalue weighted by molar-refractivity contribution is 5.88. The number of fused-ring (bicyclic) bond motifs is 1. The van der Waals surface area contributed by atoms with Crippen LogP contribution < -0.4 is 15.0 Å². The first-order chi connectivity index (χ1) is 15.6. The highest BCUT2D eigenvalue weighted by Crippen LogP contribution is 2.30. The van der Waals surface area contributed by atoms with Crippen LogP contribution in [0.3, 0.4) is 0 Å². The molecule has 1 heterocycles. The van der Waals surface area contributed by atoms with Gasteiger partial charge in [0.15, 0.2) is 0 Å². The molecule has 0 aromatic heterocycles. The molecular formula is C27H30N2O3. The number of nitrogens with one attached hydrogen (secondary N) is 1. The van der Waals surface area contributed by atoms with Crippen LogP contribution in [0, 0.1) is 0 Å². The smallest absolute Gasteiger partial charge is 0.330 e. The van der Waals surface area contributed by atoms with E-state index in [1.54, 1.807) is 13.2 Å². The van der Waals surface area contributed by atoms with Gasteiger partial charge < -0.3 is 19.7 Å². The van der Waals surface area contributed by atoms with Gasteiger partial charge in [0, 0.05) is 42.5 Å². The zero-order valence-electron chi connectivity index (χ0n) is 18.9. The lowest BCUT2D eigenvalue weighted by atomic mass is 9.99. The maximum Gasteiger partial charge on any atom is 0.330 e. The summed E-state index contributed by atoms with van der Waals surface area (Å²) in [4.78, 5) is 13.9. The van der Waals surface area contributed by atoms with E-state index in [-0.39, 0.29) is 12.0 Å². The van der Waals surface area contributed by atoms with Crippen LogP contribution in [0.15, 0.2) is 66.7 Å². The molecule has 1 aliphatic rings. The van der Waals surface area contributed by atoms with Crippen LogP contribution in [0.1, 0.15) is 30.5 Å². The predicted molar refractivity (Wildman–Crippen MR) is 130 cm³/mol. The minimum atomic E-state index is -0.384. The Morgan fingerprint density at radius 2 is 1.94 bits per heavy atom. The standard InChI is InChI=1S/C27H30N2O3/c1-19(24-10-6-8-20-7-4-5-9-25(20)24)28-22-15-16-29(18-22)23-12-13-26(31-2)21(17-23)11-14-27(30)32-3/h4-14,17,19,22,28H,15-16,18H2,1-3H3/b14-11+/t19-,22+/m1/s1. The molecule has 1 fully saturated rings. The Hall–Kier alpha value is -3.31. The summed E-state index contributed by atoms with van der Waals surface area (Å²) in [6.07, 6.45) is 4.23. The highest BCUT2D eigenvalue weighted by Gasteiger charge is 2.25. The topological polar surface area (TPSA) is 50.8 Å². The molecular weight excluding hydrogens is 400 g/mol. The van der Waals surface area contributed by atoms with Crippen LogP contribution in [-0.2, 0) is 9.53 Å². The van der Waals surface area contributed by atoms with Gasteiger partial charge in [-0.2, -0.15) is 0 Å². The van der Waals surface area contributed by atoms with Crippen molar-refractivity contribution in [3.8, 4) is 5.75 Å². The summed E-state index contributed by atoms with van der Waals surface area (Å²) in [6.45, 7) is 4.15. The second-order valence-electron chi connectivity index (χ2n) is 8.17. The summed E-state index contributed by atoms with van der Waals surface area (Å²) >= 11 is 0. The van der Waals surface area contributed by atoms with E-state index in [0.717, 1.165) is 36.5 Å². The number of methoxy groups -OCH3 is 2. The molecule has 0 saturated carbocycles. The number of hydrogen-bond donors (Lipinski definition) is 1. The van der Waals surface area contributed by atoms with Gasteiger partial charge in [0.1, 0.15) is 5.75 Å². The minimum absolute atomic E-state index is 0.264. The molecule has 3 aromatic carbocycles. The third kappa shape index (κ3) is 4.78. The molecule has 4 rings (SSSR count). The van der Waals surface area contributed by atoms with Crippen molar-refractivity contribution in [1.82, 2.24) is 5.32 Å². The second-order valence-corrected chi connectivity index (χ2v) is 8.17. The zero-order valence-corrected chi connectivity index (χ0v) is 18.9. The molecule has 166 valence electrons. The molecule has 0 radical (unpaired) electrons. The monoisotopic (exact) mass is 430 g/mol. The van der Waals surface area contributed by atoms with E-state index in [9.17, 15) is 4.79 Å². The van der Waals surface area contributed by atoms with Crippen LogP contribution in [0.5, 0.6) is 5.75 Å². The molecule has 0 unspecified atom stereocenters. The van der Waals surface area contributed by atoms with Crippen molar-refractivity contribution in [2.24, 2.45) is 0 Å². The van der Waals surface area contributed by atoms with Crippen LogP contribution >= 0.6 is 0 Å². The number of carbonyl (C=O) groups is 1. The van der Waals surface area contributed by atoms with Gasteiger partial charge in [-0.15, -0.1) is 0 Å². The van der Waals surface area contributed by atoms with Crippen LogP contribution in [0.2, 0.25) is 0 Å². The van der Waals surface area contributed by atoms with Gasteiger partial charge in [0.05, 0.1) is 14.2 Å². The number of rotatable bonds is 7. The van der Waals surface area contributed by atoms with E-state index >= 15 is 0 Å². The molecule has 1 saturated heterocycles. The van der Waals surface area contributed by atoms with Crippen molar-refractivity contribution in [2.45, 2.75) is 25.4 Å². The van der Waals surface area contributed by atoms with Gasteiger partial charge in [-0.1, -0.05) is 42.5 Å². The number of benzene rings is 3. The number of hydrogen-bond acceptors (Lipinski definition) is 5. The summed E-state index contributed by atoms with van der Waals surface area (Å²) in [6, 6.07) is 21.8. The molecule has 0 amide bonds. The van der Waals surface area contributed by atoms with Crippen molar-refractivity contribution in [3.63, 3.8) is 0 Å². The van der Waals surface area contributed by atoms with Gasteiger partial charge in [0.25, 0.3) is 0 Å². The lowest BCUT2D eigenvalue weighted by Crippen LogP contribution is -2.34. The third-order valence-electron chi connectivity index (χ3n) is 6.14. The van der Waals surface area contributed by atoms with Gasteiger partial charge in [-0.25, -0.2) is 4.79 Å². The summed E-state index contributed by atoms with van der Waals surface area (Å²) in [5.41, 5.74) is 3.31. The number of anilines is 1. The Morgan fingerprint density at radius 1 is 1.12 bits per heavy atom. The normalized spacial score (nSPS) is 17.1. The number of ether oxygens (including phenoxy) is 2. The summed E-state index contributed by atoms with van der Waals surface area (Å²) in [5, 5.41) is 6.41. The Balaban J connectivity index is 1.46. The molecule has 1 aliphatic heterocycles. The van der Waals surface area contributed by atoms with E-state index in [4.69, 9.17) is 9.47 Å².